The quantitative estimate of drug-likeness (QED) is 0.810. The summed E-state index contributed by atoms with van der Waals surface area (Å²) in [6.45, 7) is 1.40. The second-order valence-electron chi connectivity index (χ2n) is 6.38. The first kappa shape index (κ1) is 12.8. The van der Waals surface area contributed by atoms with Gasteiger partial charge in [-0.1, -0.05) is 0 Å². The van der Waals surface area contributed by atoms with Crippen molar-refractivity contribution < 1.29 is 14.7 Å². The van der Waals surface area contributed by atoms with Gasteiger partial charge in [-0.05, 0) is 42.5 Å². The van der Waals surface area contributed by atoms with E-state index in [9.17, 15) is 14.7 Å². The van der Waals surface area contributed by atoms with Crippen molar-refractivity contribution in [1.82, 2.24) is 4.90 Å². The lowest BCUT2D eigenvalue weighted by molar-refractivity contribution is -0.115. The van der Waals surface area contributed by atoms with Gasteiger partial charge in [0, 0.05) is 30.3 Å². The van der Waals surface area contributed by atoms with Crippen molar-refractivity contribution >= 4 is 17.5 Å². The van der Waals surface area contributed by atoms with E-state index in [1.807, 2.05) is 11.0 Å². The zero-order valence-corrected chi connectivity index (χ0v) is 11.7. The number of amides is 2. The number of hydrogen-bond acceptors (Lipinski definition) is 3. The van der Waals surface area contributed by atoms with E-state index >= 15 is 0 Å². The van der Waals surface area contributed by atoms with Crippen LogP contribution in [0.4, 0.5) is 5.69 Å². The number of aliphatic hydroxyl groups is 1. The van der Waals surface area contributed by atoms with Gasteiger partial charge in [-0.15, -0.1) is 0 Å². The smallest absolute Gasteiger partial charge is 0.253 e. The molecule has 2 aliphatic heterocycles. The Hall–Kier alpha value is -1.88. The lowest BCUT2D eigenvalue weighted by atomic mass is 10.00. The summed E-state index contributed by atoms with van der Waals surface area (Å²) in [6, 6.07) is 5.40. The van der Waals surface area contributed by atoms with Crippen LogP contribution in [0.1, 0.15) is 28.8 Å². The molecule has 2 heterocycles. The molecule has 3 aliphatic rings. The molecule has 0 spiro atoms. The molecule has 0 bridgehead atoms. The number of anilines is 1. The Morgan fingerprint density at radius 2 is 2.14 bits per heavy atom. The first-order chi connectivity index (χ1) is 10.1. The topological polar surface area (TPSA) is 69.6 Å². The van der Waals surface area contributed by atoms with Gasteiger partial charge in [0.2, 0.25) is 5.91 Å². The zero-order chi connectivity index (χ0) is 14.6. The zero-order valence-electron chi connectivity index (χ0n) is 11.7. The van der Waals surface area contributed by atoms with Crippen LogP contribution in [-0.4, -0.2) is 41.0 Å². The molecule has 5 heteroatoms. The van der Waals surface area contributed by atoms with Crippen LogP contribution >= 0.6 is 0 Å². The highest BCUT2D eigenvalue weighted by atomic mass is 16.3. The molecule has 2 fully saturated rings. The Kier molecular flexibility index (Phi) is 2.79. The summed E-state index contributed by atoms with van der Waals surface area (Å²) in [6.07, 6.45) is 1.97. The van der Waals surface area contributed by atoms with Crippen LogP contribution in [0.2, 0.25) is 0 Å². The van der Waals surface area contributed by atoms with Crippen molar-refractivity contribution in [2.24, 2.45) is 11.8 Å². The second kappa shape index (κ2) is 4.56. The van der Waals surface area contributed by atoms with Crippen LogP contribution in [0.5, 0.6) is 0 Å². The maximum Gasteiger partial charge on any atom is 0.253 e. The fourth-order valence-corrected chi connectivity index (χ4v) is 3.95. The number of carbonyl (C=O) groups is 2. The van der Waals surface area contributed by atoms with Gasteiger partial charge in [0.15, 0.2) is 0 Å². The molecule has 3 atom stereocenters. The van der Waals surface area contributed by atoms with Gasteiger partial charge in [-0.3, -0.25) is 9.59 Å². The highest BCUT2D eigenvalue weighted by Gasteiger charge is 2.43. The molecule has 3 unspecified atom stereocenters. The molecule has 1 aromatic carbocycles. The van der Waals surface area contributed by atoms with E-state index in [2.05, 4.69) is 5.32 Å². The highest BCUT2D eigenvalue weighted by molar-refractivity contribution is 6.01. The van der Waals surface area contributed by atoms with Crippen LogP contribution in [0.25, 0.3) is 0 Å². The molecule has 1 aromatic rings. The standard InChI is InChI=1S/C16H18N2O3/c19-14-4-2-10-7-18(8-12(10)14)16(21)9-1-3-13-11(5-9)6-15(20)17-13/h1,3,5,10,12,14,19H,2,4,6-8H2,(H,17,20). The number of benzene rings is 1. The predicted octanol–water partition coefficient (Wildman–Crippen LogP) is 1.02. The van der Waals surface area contributed by atoms with Crippen molar-refractivity contribution in [3.63, 3.8) is 0 Å². The summed E-state index contributed by atoms with van der Waals surface area (Å²) in [7, 11) is 0. The number of aliphatic hydroxyl groups excluding tert-OH is 1. The molecule has 0 radical (unpaired) electrons. The molecule has 1 saturated carbocycles. The molecule has 21 heavy (non-hydrogen) atoms. The Morgan fingerprint density at radius 1 is 1.29 bits per heavy atom. The van der Waals surface area contributed by atoms with E-state index in [0.29, 0.717) is 24.4 Å². The van der Waals surface area contributed by atoms with Crippen LogP contribution in [0.3, 0.4) is 0 Å². The normalized spacial score (nSPS) is 30.2. The molecule has 1 aliphatic carbocycles. The van der Waals surface area contributed by atoms with E-state index in [1.54, 1.807) is 12.1 Å². The van der Waals surface area contributed by atoms with E-state index in [0.717, 1.165) is 30.6 Å². The number of nitrogens with zero attached hydrogens (tertiary/aromatic N) is 1. The van der Waals surface area contributed by atoms with Crippen molar-refractivity contribution in [3.05, 3.63) is 29.3 Å². The number of carbonyl (C=O) groups excluding carboxylic acids is 2. The van der Waals surface area contributed by atoms with Gasteiger partial charge in [0.25, 0.3) is 5.91 Å². The predicted molar refractivity (Wildman–Crippen MR) is 76.9 cm³/mol. The van der Waals surface area contributed by atoms with E-state index in [1.165, 1.54) is 0 Å². The molecule has 110 valence electrons. The molecule has 1 saturated heterocycles. The Bertz CT molecular complexity index is 628. The van der Waals surface area contributed by atoms with E-state index in [-0.39, 0.29) is 23.8 Å². The largest absolute Gasteiger partial charge is 0.393 e. The molecule has 2 amide bonds. The minimum atomic E-state index is -0.255. The van der Waals surface area contributed by atoms with Crippen LogP contribution < -0.4 is 5.32 Å². The molecule has 4 rings (SSSR count). The fourth-order valence-electron chi connectivity index (χ4n) is 3.95. The van der Waals surface area contributed by atoms with Gasteiger partial charge in [0.05, 0.1) is 12.5 Å². The molecular formula is C16H18N2O3. The van der Waals surface area contributed by atoms with E-state index < -0.39 is 0 Å². The summed E-state index contributed by atoms with van der Waals surface area (Å²) in [5.41, 5.74) is 2.34. The number of likely N-dealkylation sites (tertiary alicyclic amines) is 1. The Labute approximate surface area is 122 Å². The van der Waals surface area contributed by atoms with Crippen LogP contribution in [-0.2, 0) is 11.2 Å². The van der Waals surface area contributed by atoms with Crippen molar-refractivity contribution in [1.29, 1.82) is 0 Å². The third kappa shape index (κ3) is 2.03. The summed E-state index contributed by atoms with van der Waals surface area (Å²) in [5.74, 6) is 0.681. The molecule has 5 nitrogen and oxygen atoms in total. The van der Waals surface area contributed by atoms with Crippen LogP contribution in [0, 0.1) is 11.8 Å². The highest BCUT2D eigenvalue weighted by Crippen LogP contribution is 2.38. The van der Waals surface area contributed by atoms with Gasteiger partial charge >= 0.3 is 0 Å². The van der Waals surface area contributed by atoms with E-state index in [4.69, 9.17) is 0 Å². The van der Waals surface area contributed by atoms with Crippen molar-refractivity contribution in [2.45, 2.75) is 25.4 Å². The SMILES string of the molecule is O=C1Cc2cc(C(=O)N3CC4CCC(O)C4C3)ccc2N1. The Morgan fingerprint density at radius 3 is 2.95 bits per heavy atom. The average Bonchev–Trinajstić information content (AvgIpc) is 3.12. The summed E-state index contributed by atoms with van der Waals surface area (Å²) >= 11 is 0. The summed E-state index contributed by atoms with van der Waals surface area (Å²) in [4.78, 5) is 25.8. The minimum absolute atomic E-state index is 0.0127. The average molecular weight is 286 g/mol. The molecule has 0 aromatic heterocycles. The van der Waals surface area contributed by atoms with Crippen molar-refractivity contribution in [2.75, 3.05) is 18.4 Å². The number of nitrogens with one attached hydrogen (secondary N) is 1. The van der Waals surface area contributed by atoms with Crippen LogP contribution in [0.15, 0.2) is 18.2 Å². The second-order valence-corrected chi connectivity index (χ2v) is 6.38. The maximum atomic E-state index is 12.6. The van der Waals surface area contributed by atoms with Crippen molar-refractivity contribution in [3.8, 4) is 0 Å². The van der Waals surface area contributed by atoms with Gasteiger partial charge in [-0.25, -0.2) is 0 Å². The monoisotopic (exact) mass is 286 g/mol. The fraction of sp³-hybridized carbons (Fsp3) is 0.500. The van der Waals surface area contributed by atoms with Gasteiger partial charge < -0.3 is 15.3 Å². The number of hydrogen-bond donors (Lipinski definition) is 2. The summed E-state index contributed by atoms with van der Waals surface area (Å²) in [5, 5.41) is 12.7. The third-order valence-electron chi connectivity index (χ3n) is 5.08. The van der Waals surface area contributed by atoms with Gasteiger partial charge in [0.1, 0.15) is 0 Å². The van der Waals surface area contributed by atoms with Gasteiger partial charge in [-0.2, -0.15) is 0 Å². The summed E-state index contributed by atoms with van der Waals surface area (Å²) < 4.78 is 0. The molecular weight excluding hydrogens is 268 g/mol. The lowest BCUT2D eigenvalue weighted by Gasteiger charge is -2.18. The maximum absolute atomic E-state index is 12.6. The minimum Gasteiger partial charge on any atom is -0.393 e. The lowest BCUT2D eigenvalue weighted by Crippen LogP contribution is -2.31. The number of fused-ring (bicyclic) bond motifs is 2. The first-order valence-corrected chi connectivity index (χ1v) is 7.52. The Balaban J connectivity index is 1.54. The molecule has 2 N–H and O–H groups in total. The third-order valence-corrected chi connectivity index (χ3v) is 5.08. The first-order valence-electron chi connectivity index (χ1n) is 7.52. The number of rotatable bonds is 1.